The summed E-state index contributed by atoms with van der Waals surface area (Å²) in [7, 11) is 0. The average molecular weight is 170 g/mol. The third kappa shape index (κ3) is 1.79. The van der Waals surface area contributed by atoms with Crippen LogP contribution in [-0.2, 0) is 6.42 Å². The van der Waals surface area contributed by atoms with Gasteiger partial charge in [-0.25, -0.2) is 0 Å². The van der Waals surface area contributed by atoms with Crippen molar-refractivity contribution in [1.82, 2.24) is 0 Å². The van der Waals surface area contributed by atoms with Crippen LogP contribution >= 0.6 is 23.8 Å². The Morgan fingerprint density at radius 2 is 2.10 bits per heavy atom. The predicted octanol–water partition coefficient (Wildman–Crippen LogP) is 2.76. The van der Waals surface area contributed by atoms with Crippen LogP contribution in [0.2, 0.25) is 5.02 Å². The SMILES string of the molecule is S=[C]Cc1ccccc1Cl. The summed E-state index contributed by atoms with van der Waals surface area (Å²) >= 11 is 10.4. The van der Waals surface area contributed by atoms with Crippen LogP contribution in [0, 0.1) is 0 Å². The van der Waals surface area contributed by atoms with Gasteiger partial charge in [0.05, 0.1) is 0 Å². The van der Waals surface area contributed by atoms with Gasteiger partial charge in [0, 0.05) is 16.8 Å². The number of thiocarbonyl (C=S) groups is 1. The maximum Gasteiger partial charge on any atom is 0.0441 e. The van der Waals surface area contributed by atoms with Crippen molar-refractivity contribution in [1.29, 1.82) is 0 Å². The summed E-state index contributed by atoms with van der Waals surface area (Å²) in [4.78, 5) is 0. The minimum absolute atomic E-state index is 0.648. The van der Waals surface area contributed by atoms with Crippen LogP contribution in [0.4, 0.5) is 0 Å². The fraction of sp³-hybridized carbons (Fsp3) is 0.125. The third-order valence-electron chi connectivity index (χ3n) is 1.22. The average Bonchev–Trinajstić information content (AvgIpc) is 1.94. The molecule has 0 nitrogen and oxygen atoms in total. The molecule has 0 unspecified atom stereocenters. The molecule has 2 heteroatoms. The van der Waals surface area contributed by atoms with E-state index in [9.17, 15) is 0 Å². The van der Waals surface area contributed by atoms with Crippen LogP contribution in [0.25, 0.3) is 0 Å². The molecule has 0 heterocycles. The molecule has 1 aromatic carbocycles. The van der Waals surface area contributed by atoms with Crippen LogP contribution in [0.5, 0.6) is 0 Å². The van der Waals surface area contributed by atoms with Crippen molar-refractivity contribution in [2.75, 3.05) is 0 Å². The van der Waals surface area contributed by atoms with E-state index in [-0.39, 0.29) is 0 Å². The normalized spacial score (nSPS) is 9.30. The molecule has 0 aliphatic heterocycles. The highest BCUT2D eigenvalue weighted by Gasteiger charge is 1.94. The molecule has 0 fully saturated rings. The van der Waals surface area contributed by atoms with Gasteiger partial charge < -0.3 is 0 Å². The monoisotopic (exact) mass is 169 g/mol. The zero-order chi connectivity index (χ0) is 7.40. The molecule has 0 atom stereocenters. The van der Waals surface area contributed by atoms with Crippen molar-refractivity contribution in [2.24, 2.45) is 0 Å². The molecule has 0 N–H and O–H groups in total. The summed E-state index contributed by atoms with van der Waals surface area (Å²) in [5, 5.41) is 3.39. The van der Waals surface area contributed by atoms with E-state index in [0.717, 1.165) is 10.6 Å². The Morgan fingerprint density at radius 3 is 2.70 bits per heavy atom. The summed E-state index contributed by atoms with van der Waals surface area (Å²) in [5.74, 6) is 0. The van der Waals surface area contributed by atoms with Crippen molar-refractivity contribution < 1.29 is 0 Å². The molecule has 10 heavy (non-hydrogen) atoms. The minimum atomic E-state index is 0.648. The van der Waals surface area contributed by atoms with Gasteiger partial charge >= 0.3 is 0 Å². The van der Waals surface area contributed by atoms with Crippen molar-refractivity contribution in [2.45, 2.75) is 6.42 Å². The first-order valence-electron chi connectivity index (χ1n) is 2.93. The Morgan fingerprint density at radius 1 is 1.40 bits per heavy atom. The van der Waals surface area contributed by atoms with Crippen molar-refractivity contribution in [3.63, 3.8) is 0 Å². The molecule has 1 rings (SSSR count). The molecule has 51 valence electrons. The number of halogens is 1. The van der Waals surface area contributed by atoms with Gasteiger partial charge in [0.25, 0.3) is 0 Å². The summed E-state index contributed by atoms with van der Waals surface area (Å²) in [6.45, 7) is 0. The second-order valence-corrected chi connectivity index (χ2v) is 2.61. The van der Waals surface area contributed by atoms with Crippen LogP contribution < -0.4 is 0 Å². The fourth-order valence-electron chi connectivity index (χ4n) is 0.720. The first-order chi connectivity index (χ1) is 4.84. The zero-order valence-electron chi connectivity index (χ0n) is 5.30. The van der Waals surface area contributed by atoms with E-state index in [1.165, 1.54) is 0 Å². The van der Waals surface area contributed by atoms with Crippen LogP contribution in [0.15, 0.2) is 24.3 Å². The molecule has 0 aliphatic rings. The highest BCUT2D eigenvalue weighted by Crippen LogP contribution is 2.14. The molecular formula is C8H6ClS. The van der Waals surface area contributed by atoms with Gasteiger partial charge in [-0.15, -0.1) is 0 Å². The van der Waals surface area contributed by atoms with Crippen molar-refractivity contribution in [3.8, 4) is 0 Å². The van der Waals surface area contributed by atoms with Crippen molar-refractivity contribution >= 4 is 29.2 Å². The van der Waals surface area contributed by atoms with Crippen molar-refractivity contribution in [3.05, 3.63) is 34.9 Å². The predicted molar refractivity (Wildman–Crippen MR) is 47.8 cm³/mol. The highest BCUT2D eigenvalue weighted by molar-refractivity contribution is 7.78. The Bertz CT molecular complexity index is 232. The fourth-order valence-corrected chi connectivity index (χ4v) is 1.08. The molecule has 1 radical (unpaired) electrons. The smallest absolute Gasteiger partial charge is 0.0441 e. The number of hydrogen-bond donors (Lipinski definition) is 0. The van der Waals surface area contributed by atoms with Gasteiger partial charge in [0.15, 0.2) is 0 Å². The molecular weight excluding hydrogens is 164 g/mol. The lowest BCUT2D eigenvalue weighted by Gasteiger charge is -1.96. The molecule has 0 spiro atoms. The number of rotatable bonds is 2. The van der Waals surface area contributed by atoms with Crippen LogP contribution in [0.1, 0.15) is 5.56 Å². The Hall–Kier alpha value is -0.400. The van der Waals surface area contributed by atoms with E-state index < -0.39 is 0 Å². The summed E-state index contributed by atoms with van der Waals surface area (Å²) in [6.07, 6.45) is 0.648. The Kier molecular flexibility index (Phi) is 2.84. The van der Waals surface area contributed by atoms with E-state index >= 15 is 0 Å². The van der Waals surface area contributed by atoms with Gasteiger partial charge in [-0.3, -0.25) is 0 Å². The lowest BCUT2D eigenvalue weighted by molar-refractivity contribution is 1.38. The molecule has 0 saturated heterocycles. The minimum Gasteiger partial charge on any atom is -0.0840 e. The van der Waals surface area contributed by atoms with Crippen LogP contribution in [-0.4, -0.2) is 5.37 Å². The van der Waals surface area contributed by atoms with E-state index in [4.69, 9.17) is 11.6 Å². The van der Waals surface area contributed by atoms with E-state index in [1.807, 2.05) is 24.3 Å². The van der Waals surface area contributed by atoms with E-state index in [1.54, 1.807) is 0 Å². The summed E-state index contributed by atoms with van der Waals surface area (Å²) < 4.78 is 0. The molecule has 1 aromatic rings. The van der Waals surface area contributed by atoms with Gasteiger partial charge in [-0.1, -0.05) is 42.0 Å². The maximum atomic E-state index is 5.82. The molecule has 0 bridgehead atoms. The molecule has 0 amide bonds. The van der Waals surface area contributed by atoms with Gasteiger partial charge in [-0.05, 0) is 11.6 Å². The zero-order valence-corrected chi connectivity index (χ0v) is 6.88. The van der Waals surface area contributed by atoms with Crippen LogP contribution in [0.3, 0.4) is 0 Å². The highest BCUT2D eigenvalue weighted by atomic mass is 35.5. The maximum absolute atomic E-state index is 5.82. The van der Waals surface area contributed by atoms with E-state index in [2.05, 4.69) is 17.6 Å². The van der Waals surface area contributed by atoms with Gasteiger partial charge in [0.1, 0.15) is 0 Å². The second-order valence-electron chi connectivity index (χ2n) is 1.91. The van der Waals surface area contributed by atoms with E-state index in [0.29, 0.717) is 6.42 Å². The van der Waals surface area contributed by atoms with Gasteiger partial charge in [-0.2, -0.15) is 0 Å². The Labute approximate surface area is 70.8 Å². The number of hydrogen-bond acceptors (Lipinski definition) is 1. The quantitative estimate of drug-likeness (QED) is 0.614. The first kappa shape index (κ1) is 7.70. The summed E-state index contributed by atoms with van der Waals surface area (Å²) in [5.41, 5.74) is 1.04. The molecule has 0 aliphatic carbocycles. The number of benzene rings is 1. The standard InChI is InChI=1S/C8H6ClS/c9-8-4-2-1-3-7(8)5-6-10/h1-4H,5H2. The first-order valence-corrected chi connectivity index (χ1v) is 3.71. The lowest BCUT2D eigenvalue weighted by atomic mass is 10.2. The topological polar surface area (TPSA) is 0 Å². The largest absolute Gasteiger partial charge is 0.0840 e. The van der Waals surface area contributed by atoms with Gasteiger partial charge in [0.2, 0.25) is 0 Å². The molecule has 0 aromatic heterocycles. The second kappa shape index (κ2) is 3.69. The molecule has 0 saturated carbocycles. The lowest BCUT2D eigenvalue weighted by Crippen LogP contribution is -1.83. The third-order valence-corrected chi connectivity index (χ3v) is 1.73. The summed E-state index contributed by atoms with van der Waals surface area (Å²) in [6, 6.07) is 7.63. The Balaban J connectivity index is 2.91.